The molecule has 1 aromatic carbocycles. The molecule has 11 heteroatoms. The van der Waals surface area contributed by atoms with E-state index in [1.807, 2.05) is 6.07 Å². The van der Waals surface area contributed by atoms with Crippen LogP contribution in [0.4, 0.5) is 20.5 Å². The Kier molecular flexibility index (Phi) is 8.20. The summed E-state index contributed by atoms with van der Waals surface area (Å²) >= 11 is 0. The number of ether oxygens (including phenoxy) is 1. The highest BCUT2D eigenvalue weighted by Gasteiger charge is 2.28. The Morgan fingerprint density at radius 1 is 1.05 bits per heavy atom. The van der Waals surface area contributed by atoms with Crippen molar-refractivity contribution in [3.05, 3.63) is 36.2 Å². The summed E-state index contributed by atoms with van der Waals surface area (Å²) in [4.78, 5) is 28.6. The maximum absolute atomic E-state index is 14.1. The van der Waals surface area contributed by atoms with Crippen molar-refractivity contribution < 1.29 is 18.3 Å². The largest absolute Gasteiger partial charge is 0.378 e. The number of carbonyl (C=O) groups is 1. The number of Topliss-reactive ketones (excluding diaryl/α,β-unsaturated/α-hetero) is 1. The smallest absolute Gasteiger partial charge is 0.296 e. The number of imidazole rings is 1. The quantitative estimate of drug-likeness (QED) is 0.420. The molecule has 0 unspecified atom stereocenters. The molecule has 9 nitrogen and oxygen atoms in total. The highest BCUT2D eigenvalue weighted by molar-refractivity contribution is 5.81. The number of hydrogen-bond acceptors (Lipinski definition) is 8. The first kappa shape index (κ1) is 27.0. The van der Waals surface area contributed by atoms with Crippen LogP contribution >= 0.6 is 0 Å². The average Bonchev–Trinajstić information content (AvgIpc) is 3.39. The molecule has 2 N–H and O–H groups in total. The summed E-state index contributed by atoms with van der Waals surface area (Å²) in [5, 5.41) is 6.85. The van der Waals surface area contributed by atoms with E-state index in [4.69, 9.17) is 14.7 Å². The number of aromatic nitrogens is 4. The van der Waals surface area contributed by atoms with Gasteiger partial charge in [0.05, 0.1) is 24.2 Å². The zero-order valence-electron chi connectivity index (χ0n) is 22.7. The maximum atomic E-state index is 14.1. The lowest BCUT2D eigenvalue weighted by molar-refractivity contribution is -0.124. The molecule has 0 amide bonds. The molecule has 1 saturated carbocycles. The number of alkyl halides is 2. The van der Waals surface area contributed by atoms with Gasteiger partial charge in [-0.15, -0.1) is 0 Å². The third-order valence-corrected chi connectivity index (χ3v) is 8.47. The topological polar surface area (TPSA) is 97.2 Å². The van der Waals surface area contributed by atoms with Crippen LogP contribution < -0.4 is 15.5 Å². The molecular formula is C29H37F2N7O2. The van der Waals surface area contributed by atoms with Crippen LogP contribution in [-0.4, -0.2) is 70.7 Å². The number of ketones is 1. The van der Waals surface area contributed by atoms with Crippen LogP contribution in [0.25, 0.3) is 16.9 Å². The van der Waals surface area contributed by atoms with Crippen molar-refractivity contribution in [2.24, 2.45) is 11.8 Å². The van der Waals surface area contributed by atoms with E-state index in [9.17, 15) is 13.6 Å². The van der Waals surface area contributed by atoms with Crippen molar-refractivity contribution in [2.75, 3.05) is 49.6 Å². The molecule has 3 aliphatic rings. The third kappa shape index (κ3) is 5.95. The van der Waals surface area contributed by atoms with E-state index in [1.54, 1.807) is 24.3 Å². The van der Waals surface area contributed by atoms with Gasteiger partial charge in [0.15, 0.2) is 5.82 Å². The number of piperidine rings is 1. The van der Waals surface area contributed by atoms with Crippen molar-refractivity contribution in [1.82, 2.24) is 24.8 Å². The number of hydrogen-bond donors (Lipinski definition) is 2. The number of nitrogens with zero attached hydrogens (tertiary/aromatic N) is 5. The van der Waals surface area contributed by atoms with Gasteiger partial charge in [0.25, 0.3) is 6.43 Å². The van der Waals surface area contributed by atoms with Gasteiger partial charge in [-0.1, -0.05) is 12.1 Å². The van der Waals surface area contributed by atoms with E-state index in [2.05, 4.69) is 20.5 Å². The average molecular weight is 554 g/mol. The van der Waals surface area contributed by atoms with Gasteiger partial charge in [0.2, 0.25) is 5.95 Å². The molecule has 2 aromatic heterocycles. The molecule has 214 valence electrons. The van der Waals surface area contributed by atoms with Crippen molar-refractivity contribution >= 4 is 28.6 Å². The standard InChI is InChI=1S/C29H37F2N7O2/c30-27(31)28-34-22-5-1-2-6-23(22)38(28)26-17-25(37-12-14-40-15-13-37)35-29(36-26)33-21-9-7-19(8-10-21)16-24(39)20-4-3-11-32-18-20/h1-2,5-6,17,19-21,27,32H,3-4,7-16,18H2,(H,33,35,36)/t19?,20-,21?/m0/s1. The summed E-state index contributed by atoms with van der Waals surface area (Å²) in [5.74, 6) is 2.10. The second-order valence-corrected chi connectivity index (χ2v) is 11.2. The lowest BCUT2D eigenvalue weighted by Gasteiger charge is -2.31. The number of nitrogens with one attached hydrogen (secondary N) is 2. The fourth-order valence-electron chi connectivity index (χ4n) is 6.26. The molecule has 0 radical (unpaired) electrons. The van der Waals surface area contributed by atoms with Crippen molar-refractivity contribution in [3.63, 3.8) is 0 Å². The zero-order valence-corrected chi connectivity index (χ0v) is 22.7. The fourth-order valence-corrected chi connectivity index (χ4v) is 6.26. The van der Waals surface area contributed by atoms with Crippen molar-refractivity contribution in [3.8, 4) is 5.82 Å². The molecule has 0 spiro atoms. The SMILES string of the molecule is O=C(CC1CCC(Nc2nc(N3CCOCC3)cc(-n3c(C(F)F)nc4ccccc43)n2)CC1)[C@H]1CCCNC1. The third-order valence-electron chi connectivity index (χ3n) is 8.47. The number of morpholine rings is 1. The predicted molar refractivity (Wildman–Crippen MR) is 149 cm³/mol. The van der Waals surface area contributed by atoms with Gasteiger partial charge in [-0.2, -0.15) is 9.97 Å². The number of anilines is 2. The Bertz CT molecular complexity index is 1310. The summed E-state index contributed by atoms with van der Waals surface area (Å²) in [6.07, 6.45) is 3.76. The van der Waals surface area contributed by atoms with Gasteiger partial charge >= 0.3 is 0 Å². The van der Waals surface area contributed by atoms with Crippen LogP contribution in [0.3, 0.4) is 0 Å². The van der Waals surface area contributed by atoms with Gasteiger partial charge in [0, 0.05) is 44.1 Å². The van der Waals surface area contributed by atoms with E-state index >= 15 is 0 Å². The van der Waals surface area contributed by atoms with E-state index in [1.165, 1.54) is 4.57 Å². The Morgan fingerprint density at radius 3 is 2.58 bits per heavy atom. The second kappa shape index (κ2) is 12.1. The first-order valence-electron chi connectivity index (χ1n) is 14.5. The molecule has 3 aromatic rings. The summed E-state index contributed by atoms with van der Waals surface area (Å²) in [6, 6.07) is 9.03. The van der Waals surface area contributed by atoms with Gasteiger partial charge in [-0.3, -0.25) is 9.36 Å². The van der Waals surface area contributed by atoms with E-state index in [0.717, 1.165) is 51.6 Å². The van der Waals surface area contributed by atoms with E-state index in [-0.39, 0.29) is 17.8 Å². The summed E-state index contributed by atoms with van der Waals surface area (Å²) in [5.41, 5.74) is 1.07. The zero-order chi connectivity index (χ0) is 27.5. The first-order valence-corrected chi connectivity index (χ1v) is 14.5. The second-order valence-electron chi connectivity index (χ2n) is 11.2. The Labute approximate surface area is 232 Å². The predicted octanol–water partition coefficient (Wildman–Crippen LogP) is 4.52. The minimum absolute atomic E-state index is 0.157. The minimum Gasteiger partial charge on any atom is -0.378 e. The van der Waals surface area contributed by atoms with E-state index in [0.29, 0.717) is 73.0 Å². The summed E-state index contributed by atoms with van der Waals surface area (Å²) < 4.78 is 35.2. The highest BCUT2D eigenvalue weighted by atomic mass is 19.3. The number of rotatable bonds is 8. The molecule has 1 atom stereocenters. The summed E-state index contributed by atoms with van der Waals surface area (Å²) in [7, 11) is 0. The fraction of sp³-hybridized carbons (Fsp3) is 0.586. The van der Waals surface area contributed by atoms with Crippen molar-refractivity contribution in [2.45, 2.75) is 57.4 Å². The molecule has 2 saturated heterocycles. The van der Waals surface area contributed by atoms with Gasteiger partial charge in [-0.25, -0.2) is 13.8 Å². The molecule has 1 aliphatic carbocycles. The molecular weight excluding hydrogens is 516 g/mol. The normalized spacial score (nSPS) is 24.0. The molecule has 2 aliphatic heterocycles. The Hall–Kier alpha value is -3.18. The Balaban J connectivity index is 1.22. The number of halogens is 2. The highest BCUT2D eigenvalue weighted by Crippen LogP contribution is 2.32. The lowest BCUT2D eigenvalue weighted by Crippen LogP contribution is -2.37. The maximum Gasteiger partial charge on any atom is 0.296 e. The molecule has 6 rings (SSSR count). The molecule has 4 heterocycles. The Morgan fingerprint density at radius 2 is 1.82 bits per heavy atom. The van der Waals surface area contributed by atoms with Crippen LogP contribution in [0.1, 0.15) is 57.2 Å². The number of para-hydroxylation sites is 2. The van der Waals surface area contributed by atoms with Gasteiger partial charge < -0.3 is 20.3 Å². The van der Waals surface area contributed by atoms with E-state index < -0.39 is 6.43 Å². The molecule has 3 fully saturated rings. The molecule has 40 heavy (non-hydrogen) atoms. The number of fused-ring (bicyclic) bond motifs is 1. The molecule has 0 bridgehead atoms. The minimum atomic E-state index is -2.76. The van der Waals surface area contributed by atoms with Crippen molar-refractivity contribution in [1.29, 1.82) is 0 Å². The van der Waals surface area contributed by atoms with Crippen LogP contribution in [0.2, 0.25) is 0 Å². The van der Waals surface area contributed by atoms with Gasteiger partial charge in [-0.05, 0) is 63.1 Å². The lowest BCUT2D eigenvalue weighted by atomic mass is 9.80. The van der Waals surface area contributed by atoms with Crippen LogP contribution in [0.5, 0.6) is 0 Å². The van der Waals surface area contributed by atoms with Crippen LogP contribution in [0, 0.1) is 11.8 Å². The van der Waals surface area contributed by atoms with Crippen LogP contribution in [-0.2, 0) is 9.53 Å². The number of carbonyl (C=O) groups excluding carboxylic acids is 1. The van der Waals surface area contributed by atoms with Crippen LogP contribution in [0.15, 0.2) is 30.3 Å². The van der Waals surface area contributed by atoms with Gasteiger partial charge in [0.1, 0.15) is 17.4 Å². The monoisotopic (exact) mass is 553 g/mol. The first-order chi connectivity index (χ1) is 19.5. The number of benzene rings is 1. The summed E-state index contributed by atoms with van der Waals surface area (Å²) in [6.45, 7) is 4.32.